The summed E-state index contributed by atoms with van der Waals surface area (Å²) in [6.45, 7) is 7.21. The molecule has 0 spiro atoms. The molecule has 0 aliphatic carbocycles. The fourth-order valence-corrected chi connectivity index (χ4v) is 4.26. The monoisotopic (exact) mass is 444 g/mol. The van der Waals surface area contributed by atoms with E-state index < -0.39 is 36.5 Å². The minimum atomic E-state index is -1.15. The molecule has 0 aromatic heterocycles. The SMILES string of the molecule is C=CCC1CCC(=O)[C@@H]([C@@H](OC(C)=O)[C@@H]2O[C@H](CCC)[C@H](OCc3ccccc3)C2=O)O1. The van der Waals surface area contributed by atoms with E-state index in [2.05, 4.69) is 6.58 Å². The average molecular weight is 445 g/mol. The molecule has 32 heavy (non-hydrogen) atoms. The van der Waals surface area contributed by atoms with Crippen molar-refractivity contribution in [2.24, 2.45) is 0 Å². The largest absolute Gasteiger partial charge is 0.456 e. The van der Waals surface area contributed by atoms with E-state index in [1.54, 1.807) is 6.08 Å². The summed E-state index contributed by atoms with van der Waals surface area (Å²) >= 11 is 0. The van der Waals surface area contributed by atoms with Crippen LogP contribution in [0.5, 0.6) is 0 Å². The second-order valence-electron chi connectivity index (χ2n) is 8.29. The lowest BCUT2D eigenvalue weighted by molar-refractivity contribution is -0.185. The van der Waals surface area contributed by atoms with Crippen LogP contribution >= 0.6 is 0 Å². The lowest BCUT2D eigenvalue weighted by atomic mass is 9.93. The van der Waals surface area contributed by atoms with Gasteiger partial charge >= 0.3 is 5.97 Å². The zero-order valence-electron chi connectivity index (χ0n) is 18.7. The number of esters is 1. The first-order chi connectivity index (χ1) is 15.4. The van der Waals surface area contributed by atoms with Crippen molar-refractivity contribution in [1.29, 1.82) is 0 Å². The lowest BCUT2D eigenvalue weighted by Crippen LogP contribution is -2.52. The van der Waals surface area contributed by atoms with E-state index in [9.17, 15) is 14.4 Å². The molecule has 2 saturated heterocycles. The predicted molar refractivity (Wildman–Crippen MR) is 117 cm³/mol. The number of hydrogen-bond acceptors (Lipinski definition) is 7. The van der Waals surface area contributed by atoms with Gasteiger partial charge in [-0.1, -0.05) is 49.8 Å². The maximum absolute atomic E-state index is 13.4. The molecule has 0 bridgehead atoms. The van der Waals surface area contributed by atoms with E-state index in [-0.39, 0.29) is 30.7 Å². The van der Waals surface area contributed by atoms with Crippen molar-refractivity contribution < 1.29 is 33.3 Å². The molecule has 1 aromatic rings. The van der Waals surface area contributed by atoms with Gasteiger partial charge in [0.25, 0.3) is 0 Å². The van der Waals surface area contributed by atoms with Gasteiger partial charge in [0.05, 0.1) is 18.8 Å². The highest BCUT2D eigenvalue weighted by molar-refractivity contribution is 5.93. The summed E-state index contributed by atoms with van der Waals surface area (Å²) in [5.74, 6) is -1.13. The summed E-state index contributed by atoms with van der Waals surface area (Å²) in [7, 11) is 0. The third kappa shape index (κ3) is 5.91. The number of ketones is 2. The van der Waals surface area contributed by atoms with Crippen LogP contribution < -0.4 is 0 Å². The molecule has 2 heterocycles. The molecule has 0 radical (unpaired) electrons. The van der Waals surface area contributed by atoms with Crippen LogP contribution in [0, 0.1) is 0 Å². The molecule has 2 fully saturated rings. The molecule has 7 heteroatoms. The molecule has 1 aromatic carbocycles. The van der Waals surface area contributed by atoms with E-state index in [4.69, 9.17) is 18.9 Å². The van der Waals surface area contributed by atoms with Crippen molar-refractivity contribution in [3.8, 4) is 0 Å². The van der Waals surface area contributed by atoms with Crippen LogP contribution in [0.15, 0.2) is 43.0 Å². The van der Waals surface area contributed by atoms with E-state index in [1.165, 1.54) is 6.92 Å². The summed E-state index contributed by atoms with van der Waals surface area (Å²) in [4.78, 5) is 37.9. The van der Waals surface area contributed by atoms with Gasteiger partial charge < -0.3 is 18.9 Å². The standard InChI is InChI=1S/C25H32O7/c1-4-9-18-13-14-19(27)22(31-18)25(30-16(3)26)24-21(28)23(20(32-24)10-5-2)29-15-17-11-7-6-8-12-17/h4,6-8,11-12,18,20,22-25H,1,5,9-10,13-15H2,2-3H3/t18?,20-,22+,23+,24-,25-/m1/s1. The average Bonchev–Trinajstić information content (AvgIpc) is 3.08. The fraction of sp³-hybridized carbons (Fsp3) is 0.560. The second-order valence-corrected chi connectivity index (χ2v) is 8.29. The van der Waals surface area contributed by atoms with Crippen LogP contribution in [0.1, 0.15) is 51.5 Å². The van der Waals surface area contributed by atoms with Gasteiger partial charge in [-0.15, -0.1) is 6.58 Å². The Morgan fingerprint density at radius 2 is 1.97 bits per heavy atom. The minimum absolute atomic E-state index is 0.200. The normalized spacial score (nSPS) is 29.0. The Labute approximate surface area is 189 Å². The van der Waals surface area contributed by atoms with Gasteiger partial charge in [0.15, 0.2) is 29.9 Å². The highest BCUT2D eigenvalue weighted by Gasteiger charge is 2.53. The number of hydrogen-bond donors (Lipinski definition) is 0. The zero-order valence-corrected chi connectivity index (χ0v) is 18.7. The summed E-state index contributed by atoms with van der Waals surface area (Å²) in [5, 5.41) is 0. The van der Waals surface area contributed by atoms with Crippen molar-refractivity contribution in [3.63, 3.8) is 0 Å². The van der Waals surface area contributed by atoms with E-state index >= 15 is 0 Å². The molecule has 2 aliphatic heterocycles. The minimum Gasteiger partial charge on any atom is -0.456 e. The molecular formula is C25H32O7. The smallest absolute Gasteiger partial charge is 0.303 e. The molecule has 3 rings (SSSR count). The number of ether oxygens (including phenoxy) is 4. The van der Waals surface area contributed by atoms with Crippen LogP contribution in [0.2, 0.25) is 0 Å². The summed E-state index contributed by atoms with van der Waals surface area (Å²) in [6.07, 6.45) is -0.300. The third-order valence-corrected chi connectivity index (χ3v) is 5.76. The molecule has 6 atom stereocenters. The third-order valence-electron chi connectivity index (χ3n) is 5.76. The van der Waals surface area contributed by atoms with Gasteiger partial charge in [-0.2, -0.15) is 0 Å². The van der Waals surface area contributed by atoms with Crippen LogP contribution in [-0.2, 0) is 39.9 Å². The molecule has 174 valence electrons. The van der Waals surface area contributed by atoms with Crippen molar-refractivity contribution in [2.75, 3.05) is 0 Å². The maximum Gasteiger partial charge on any atom is 0.303 e. The van der Waals surface area contributed by atoms with Gasteiger partial charge in [0, 0.05) is 13.3 Å². The van der Waals surface area contributed by atoms with Gasteiger partial charge in [-0.05, 0) is 24.8 Å². The molecule has 0 saturated carbocycles. The Bertz CT molecular complexity index is 806. The highest BCUT2D eigenvalue weighted by Crippen LogP contribution is 2.32. The molecular weight excluding hydrogens is 412 g/mol. The molecule has 7 nitrogen and oxygen atoms in total. The first-order valence-corrected chi connectivity index (χ1v) is 11.3. The molecule has 2 aliphatic rings. The molecule has 0 amide bonds. The predicted octanol–water partition coefficient (Wildman–Crippen LogP) is 3.33. The van der Waals surface area contributed by atoms with E-state index in [0.29, 0.717) is 19.3 Å². The first kappa shape index (κ1) is 24.3. The summed E-state index contributed by atoms with van der Waals surface area (Å²) in [5.41, 5.74) is 0.939. The van der Waals surface area contributed by atoms with Gasteiger partial charge in [-0.3, -0.25) is 14.4 Å². The number of Topliss-reactive ketones (excluding diaryl/α,β-unsaturated/α-hetero) is 2. The Balaban J connectivity index is 1.80. The van der Waals surface area contributed by atoms with Crippen molar-refractivity contribution in [3.05, 3.63) is 48.6 Å². The Morgan fingerprint density at radius 1 is 1.22 bits per heavy atom. The second kappa shape index (κ2) is 11.5. The van der Waals surface area contributed by atoms with Crippen molar-refractivity contribution in [2.45, 2.75) is 89.2 Å². The van der Waals surface area contributed by atoms with E-state index in [0.717, 1.165) is 12.0 Å². The van der Waals surface area contributed by atoms with E-state index in [1.807, 2.05) is 37.3 Å². The van der Waals surface area contributed by atoms with Crippen LogP contribution in [0.25, 0.3) is 0 Å². The van der Waals surface area contributed by atoms with Crippen LogP contribution in [-0.4, -0.2) is 54.2 Å². The lowest BCUT2D eigenvalue weighted by Gasteiger charge is -2.35. The summed E-state index contributed by atoms with van der Waals surface area (Å²) in [6, 6.07) is 9.56. The first-order valence-electron chi connectivity index (χ1n) is 11.3. The number of rotatable bonds is 10. The topological polar surface area (TPSA) is 88.1 Å². The van der Waals surface area contributed by atoms with Gasteiger partial charge in [0.1, 0.15) is 6.10 Å². The van der Waals surface area contributed by atoms with Gasteiger partial charge in [0.2, 0.25) is 0 Å². The summed E-state index contributed by atoms with van der Waals surface area (Å²) < 4.78 is 23.5. The Hall–Kier alpha value is -2.35. The number of benzene rings is 1. The van der Waals surface area contributed by atoms with Crippen LogP contribution in [0.3, 0.4) is 0 Å². The van der Waals surface area contributed by atoms with Gasteiger partial charge in [-0.25, -0.2) is 0 Å². The number of carbonyl (C=O) groups is 3. The van der Waals surface area contributed by atoms with Crippen molar-refractivity contribution >= 4 is 17.5 Å². The maximum atomic E-state index is 13.4. The van der Waals surface area contributed by atoms with Crippen LogP contribution in [0.4, 0.5) is 0 Å². The highest BCUT2D eigenvalue weighted by atomic mass is 16.6. The zero-order chi connectivity index (χ0) is 23.1. The molecule has 1 unspecified atom stereocenters. The number of carbonyl (C=O) groups excluding carboxylic acids is 3. The van der Waals surface area contributed by atoms with Crippen molar-refractivity contribution in [1.82, 2.24) is 0 Å². The fourth-order valence-electron chi connectivity index (χ4n) is 4.26. The molecule has 0 N–H and O–H groups in total. The Kier molecular flexibility index (Phi) is 8.73. The quantitative estimate of drug-likeness (QED) is 0.404. The Morgan fingerprint density at radius 3 is 2.62 bits per heavy atom.